The molecule has 2 rings (SSSR count). The second kappa shape index (κ2) is 4.21. The summed E-state index contributed by atoms with van der Waals surface area (Å²) < 4.78 is 28.7. The van der Waals surface area contributed by atoms with Crippen molar-refractivity contribution in [3.63, 3.8) is 0 Å². The summed E-state index contributed by atoms with van der Waals surface area (Å²) in [5.74, 6) is -0.0182. The average molecular weight is 273 g/mol. The van der Waals surface area contributed by atoms with Crippen molar-refractivity contribution in [2.75, 3.05) is 5.75 Å². The van der Waals surface area contributed by atoms with Crippen LogP contribution in [-0.2, 0) is 9.84 Å². The Morgan fingerprint density at radius 2 is 2.17 bits per heavy atom. The Labute approximate surface area is 103 Å². The maximum Gasteiger partial charge on any atom is 0.270 e. The Morgan fingerprint density at radius 1 is 1.50 bits per heavy atom. The normalized spacial score (nSPS) is 22.3. The quantitative estimate of drug-likeness (QED) is 0.644. The second-order valence-electron chi connectivity index (χ2n) is 3.86. The summed E-state index contributed by atoms with van der Waals surface area (Å²) in [7, 11) is -3.60. The maximum absolute atomic E-state index is 11.8. The molecule has 8 heteroatoms. The highest BCUT2D eigenvalue weighted by atomic mass is 32.2. The van der Waals surface area contributed by atoms with Crippen LogP contribution < -0.4 is 4.74 Å². The van der Waals surface area contributed by atoms with E-state index < -0.39 is 26.3 Å². The largest absolute Gasteiger partial charge is 0.463 e. The van der Waals surface area contributed by atoms with Gasteiger partial charge in [0.25, 0.3) is 5.69 Å². The van der Waals surface area contributed by atoms with Gasteiger partial charge in [-0.1, -0.05) is 6.92 Å². The molecule has 1 aromatic carbocycles. The standard InChI is InChI=1S/C10H11NO6S/c1-2-18(15,16)9-7-5-6(11(13)14)3-4-8(7)17-10(9)12/h3-5,9-10,12H,2H2,1H3/t9-,10+/m0/s1. The number of fused-ring (bicyclic) bond motifs is 1. The maximum atomic E-state index is 11.8. The van der Waals surface area contributed by atoms with Crippen molar-refractivity contribution in [2.24, 2.45) is 0 Å². The summed E-state index contributed by atoms with van der Waals surface area (Å²) in [6, 6.07) is 3.62. The fraction of sp³-hybridized carbons (Fsp3) is 0.400. The zero-order chi connectivity index (χ0) is 13.5. The van der Waals surface area contributed by atoms with Gasteiger partial charge >= 0.3 is 0 Å². The van der Waals surface area contributed by atoms with E-state index in [4.69, 9.17) is 4.74 Å². The van der Waals surface area contributed by atoms with E-state index in [1.165, 1.54) is 19.1 Å². The molecule has 0 fully saturated rings. The fourth-order valence-corrected chi connectivity index (χ4v) is 3.22. The lowest BCUT2D eigenvalue weighted by atomic mass is 10.1. The minimum absolute atomic E-state index is 0.138. The number of aliphatic hydroxyl groups excluding tert-OH is 1. The summed E-state index contributed by atoms with van der Waals surface area (Å²) >= 11 is 0. The first kappa shape index (κ1) is 12.8. The fourth-order valence-electron chi connectivity index (χ4n) is 1.87. The predicted octanol–water partition coefficient (Wildman–Crippen LogP) is 0.781. The first-order chi connectivity index (χ1) is 8.36. The van der Waals surface area contributed by atoms with E-state index >= 15 is 0 Å². The minimum Gasteiger partial charge on any atom is -0.463 e. The van der Waals surface area contributed by atoms with Crippen molar-refractivity contribution >= 4 is 15.5 Å². The Balaban J connectivity index is 2.56. The van der Waals surface area contributed by atoms with E-state index in [0.29, 0.717) is 0 Å². The van der Waals surface area contributed by atoms with Gasteiger partial charge in [0, 0.05) is 23.4 Å². The molecular weight excluding hydrogens is 262 g/mol. The molecular formula is C10H11NO6S. The summed E-state index contributed by atoms with van der Waals surface area (Å²) in [4.78, 5) is 10.0. The molecule has 0 radical (unpaired) electrons. The lowest BCUT2D eigenvalue weighted by molar-refractivity contribution is -0.384. The topological polar surface area (TPSA) is 107 Å². The number of hydrogen-bond donors (Lipinski definition) is 1. The zero-order valence-electron chi connectivity index (χ0n) is 9.44. The summed E-state index contributed by atoms with van der Waals surface area (Å²) in [5.41, 5.74) is -0.0960. The van der Waals surface area contributed by atoms with E-state index in [2.05, 4.69) is 0 Å². The lowest BCUT2D eigenvalue weighted by Crippen LogP contribution is -2.26. The Bertz CT molecular complexity index is 596. The molecule has 1 aliphatic rings. The van der Waals surface area contributed by atoms with Gasteiger partial charge in [-0.2, -0.15) is 0 Å². The molecule has 7 nitrogen and oxygen atoms in total. The third-order valence-electron chi connectivity index (χ3n) is 2.81. The molecule has 0 aromatic heterocycles. The van der Waals surface area contributed by atoms with Gasteiger partial charge in [-0.05, 0) is 6.07 Å². The van der Waals surface area contributed by atoms with Crippen LogP contribution >= 0.6 is 0 Å². The molecule has 1 N–H and O–H groups in total. The van der Waals surface area contributed by atoms with Crippen LogP contribution in [-0.4, -0.2) is 30.5 Å². The van der Waals surface area contributed by atoms with Crippen LogP contribution in [0.3, 0.4) is 0 Å². The number of nitrogens with zero attached hydrogens (tertiary/aromatic N) is 1. The van der Waals surface area contributed by atoms with E-state index in [1.54, 1.807) is 0 Å². The number of benzene rings is 1. The number of non-ortho nitro benzene ring substituents is 1. The zero-order valence-corrected chi connectivity index (χ0v) is 10.3. The van der Waals surface area contributed by atoms with Crippen molar-refractivity contribution in [1.82, 2.24) is 0 Å². The van der Waals surface area contributed by atoms with Crippen molar-refractivity contribution in [2.45, 2.75) is 18.5 Å². The lowest BCUT2D eigenvalue weighted by Gasteiger charge is -2.12. The second-order valence-corrected chi connectivity index (χ2v) is 6.27. The first-order valence-corrected chi connectivity index (χ1v) is 6.93. The smallest absolute Gasteiger partial charge is 0.270 e. The van der Waals surface area contributed by atoms with Crippen LogP contribution in [0.4, 0.5) is 5.69 Å². The highest BCUT2D eigenvalue weighted by Crippen LogP contribution is 2.42. The van der Waals surface area contributed by atoms with Gasteiger partial charge in [0.1, 0.15) is 5.75 Å². The molecule has 0 bridgehead atoms. The molecule has 98 valence electrons. The van der Waals surface area contributed by atoms with Gasteiger partial charge in [-0.3, -0.25) is 10.1 Å². The Morgan fingerprint density at radius 3 is 2.72 bits per heavy atom. The molecule has 0 aliphatic carbocycles. The number of nitro groups is 1. The highest BCUT2D eigenvalue weighted by molar-refractivity contribution is 7.91. The Hall–Kier alpha value is -1.67. The molecule has 18 heavy (non-hydrogen) atoms. The summed E-state index contributed by atoms with van der Waals surface area (Å²) in [6.45, 7) is 1.44. The van der Waals surface area contributed by atoms with Crippen molar-refractivity contribution < 1.29 is 23.2 Å². The number of hydrogen-bond acceptors (Lipinski definition) is 6. The Kier molecular flexibility index (Phi) is 2.99. The highest BCUT2D eigenvalue weighted by Gasteiger charge is 2.42. The van der Waals surface area contributed by atoms with Gasteiger partial charge in [0.2, 0.25) is 6.29 Å². The number of ether oxygens (including phenoxy) is 1. The van der Waals surface area contributed by atoms with E-state index in [0.717, 1.165) is 6.07 Å². The van der Waals surface area contributed by atoms with Crippen LogP contribution in [0.2, 0.25) is 0 Å². The van der Waals surface area contributed by atoms with Crippen LogP contribution in [0.5, 0.6) is 5.75 Å². The third kappa shape index (κ3) is 1.93. The minimum atomic E-state index is -3.60. The molecule has 1 aliphatic heterocycles. The van der Waals surface area contributed by atoms with Gasteiger partial charge in [-0.15, -0.1) is 0 Å². The van der Waals surface area contributed by atoms with Gasteiger partial charge in [0.05, 0.1) is 4.92 Å². The molecule has 0 amide bonds. The van der Waals surface area contributed by atoms with Crippen LogP contribution in [0.15, 0.2) is 18.2 Å². The van der Waals surface area contributed by atoms with Crippen LogP contribution in [0, 0.1) is 10.1 Å². The number of sulfone groups is 1. The van der Waals surface area contributed by atoms with Crippen LogP contribution in [0.25, 0.3) is 0 Å². The number of rotatable bonds is 3. The molecule has 0 unspecified atom stereocenters. The number of nitro benzene ring substituents is 1. The van der Waals surface area contributed by atoms with Crippen molar-refractivity contribution in [1.29, 1.82) is 0 Å². The molecule has 1 heterocycles. The summed E-state index contributed by atoms with van der Waals surface area (Å²) in [6.07, 6.45) is -1.52. The van der Waals surface area contributed by atoms with Gasteiger partial charge in [-0.25, -0.2) is 8.42 Å². The molecule has 2 atom stereocenters. The van der Waals surface area contributed by atoms with Crippen molar-refractivity contribution in [3.05, 3.63) is 33.9 Å². The third-order valence-corrected chi connectivity index (χ3v) is 4.87. The van der Waals surface area contributed by atoms with E-state index in [-0.39, 0.29) is 22.8 Å². The monoisotopic (exact) mass is 273 g/mol. The van der Waals surface area contributed by atoms with E-state index in [1.807, 2.05) is 0 Å². The first-order valence-electron chi connectivity index (χ1n) is 5.21. The number of aliphatic hydroxyl groups is 1. The SMILES string of the molecule is CCS(=O)(=O)[C@H]1c2cc([N+](=O)[O-])ccc2O[C@H]1O. The molecule has 1 aromatic rings. The predicted molar refractivity (Wildman–Crippen MR) is 61.9 cm³/mol. The van der Waals surface area contributed by atoms with Gasteiger partial charge in [0.15, 0.2) is 15.1 Å². The van der Waals surface area contributed by atoms with Crippen molar-refractivity contribution in [3.8, 4) is 5.75 Å². The average Bonchev–Trinajstić information content (AvgIpc) is 2.64. The molecule has 0 saturated heterocycles. The van der Waals surface area contributed by atoms with Gasteiger partial charge < -0.3 is 9.84 Å². The summed E-state index contributed by atoms with van der Waals surface area (Å²) in [5, 5.41) is 19.0. The molecule has 0 spiro atoms. The van der Waals surface area contributed by atoms with Crippen LogP contribution in [0.1, 0.15) is 17.7 Å². The molecule has 0 saturated carbocycles. The van der Waals surface area contributed by atoms with E-state index in [9.17, 15) is 23.6 Å².